The van der Waals surface area contributed by atoms with Crippen molar-refractivity contribution in [3.8, 4) is 29.4 Å². The van der Waals surface area contributed by atoms with E-state index >= 15 is 0 Å². The molecule has 554 valence electrons. The number of aryl methyl sites for hydroxylation is 7. The lowest BCUT2D eigenvalue weighted by molar-refractivity contribution is 0.122. The molecular weight excluding hydrogens is 1370 g/mol. The molecule has 4 saturated heterocycles. The number of likely N-dealkylation sites (N-methyl/N-ethyl adjacent to an activating group) is 1. The van der Waals surface area contributed by atoms with Crippen molar-refractivity contribution in [2.45, 2.75) is 145 Å². The van der Waals surface area contributed by atoms with E-state index in [0.717, 1.165) is 84.4 Å². The van der Waals surface area contributed by atoms with E-state index in [0.29, 0.717) is 90.4 Å². The summed E-state index contributed by atoms with van der Waals surface area (Å²) < 4.78 is 124. The second-order valence-electron chi connectivity index (χ2n) is 26.2. The van der Waals surface area contributed by atoms with Gasteiger partial charge < -0.3 is 39.0 Å². The largest absolute Gasteiger partial charge is 0.496 e. The zero-order chi connectivity index (χ0) is 74.6. The van der Waals surface area contributed by atoms with Crippen LogP contribution in [0.15, 0.2) is 106 Å². The highest BCUT2D eigenvalue weighted by molar-refractivity contribution is 7.90. The van der Waals surface area contributed by atoms with Crippen molar-refractivity contribution < 1.29 is 53.0 Å². The van der Waals surface area contributed by atoms with Gasteiger partial charge in [0.25, 0.3) is 0 Å². The Morgan fingerprint density at radius 3 is 1.58 bits per heavy atom. The number of pyridine rings is 2. The number of benzene rings is 3. The summed E-state index contributed by atoms with van der Waals surface area (Å²) >= 11 is 0. The third-order valence-corrected chi connectivity index (χ3v) is 22.6. The van der Waals surface area contributed by atoms with Crippen LogP contribution in [0, 0.1) is 94.6 Å². The summed E-state index contributed by atoms with van der Waals surface area (Å²) in [6.45, 7) is 19.2. The summed E-state index contributed by atoms with van der Waals surface area (Å²) in [5, 5.41) is 35.4. The summed E-state index contributed by atoms with van der Waals surface area (Å²) in [5.74, 6) is 3.70. The topological polar surface area (TPSA) is 320 Å². The molecule has 13 rings (SSSR count). The highest BCUT2D eigenvalue weighted by atomic mass is 32.2. The fourth-order valence-electron chi connectivity index (χ4n) is 13.1. The molecule has 6 atom stereocenters. The van der Waals surface area contributed by atoms with Gasteiger partial charge in [-0.2, -0.15) is 20.7 Å². The minimum atomic E-state index is -3.69. The lowest BCUT2D eigenvalue weighted by Gasteiger charge is -2.33. The maximum absolute atomic E-state index is 13.8. The number of piperazine rings is 1. The van der Waals surface area contributed by atoms with E-state index in [1.807, 2.05) is 47.6 Å². The molecule has 0 amide bonds. The van der Waals surface area contributed by atoms with Crippen LogP contribution in [0.25, 0.3) is 0 Å². The Morgan fingerprint density at radius 2 is 1.10 bits per heavy atom. The number of hydrogen-bond acceptors (Lipinski definition) is 20. The van der Waals surface area contributed by atoms with Gasteiger partial charge in [0, 0.05) is 81.1 Å². The number of halogens is 2. The molecule has 2 aliphatic carbocycles. The first-order valence-corrected chi connectivity index (χ1v) is 38.5. The molecule has 0 radical (unpaired) electrons. The van der Waals surface area contributed by atoms with Crippen LogP contribution in [-0.4, -0.2) is 167 Å². The summed E-state index contributed by atoms with van der Waals surface area (Å²) in [6.07, 6.45) is 18.8. The number of nitrogens with zero attached hydrogens (tertiary/aromatic N) is 11. The quantitative estimate of drug-likeness (QED) is 0.0884. The standard InChI is InChI=1S/C13H17N3.C12H16N4.C11H16FN3.C10H13FN2O.2C9H13NO3S.C8H11NO3S/c1-9-8-16(15-13(9)7-14)12-5-10-2-3-11(4-10)6-12;1-8-7-14-16(12(8)6-13)11-4-9-2-3-10(5-11)15-9;1-9-3-4-13-11(10(9)12)15-7-5-14(2)6-8-15;1-8-2-3-12-10(9(8)11)13-4-6-14-7-5-13;1-7-6-8(14(11,12)10-2)4-5-9(7)13-3;1-7-4-5-8(13-3)9(6-7)14(11,12)10-2;1-6-3-4-7(12-2)8(5-6)13(9,10)11/h8,10-12H,2-6H2,1H3;7,9-11,15H,2-5H2,1H3;3-4H,5-8H2,1-2H3;2-3H,4-7H2,1H3;2*4-6,10H,1-3H3;3-5H,1-2H3,(H2,9,10,11)/t10-,11+,12?;9-,10+,11?;;;;;. The molecule has 8 heterocycles. The second kappa shape index (κ2) is 37.3. The number of anilines is 2. The average molecular weight is 1470 g/mol. The molecule has 4 aromatic heterocycles. The van der Waals surface area contributed by atoms with Crippen LogP contribution in [-0.2, 0) is 34.8 Å². The van der Waals surface area contributed by atoms with Crippen LogP contribution < -0.4 is 43.9 Å². The molecule has 4 bridgehead atoms. The lowest BCUT2D eigenvalue weighted by Crippen LogP contribution is -2.45. The molecule has 6 fully saturated rings. The van der Waals surface area contributed by atoms with E-state index in [2.05, 4.69) is 63.7 Å². The monoisotopic (exact) mass is 1470 g/mol. The Bertz CT molecular complexity index is 4360. The lowest BCUT2D eigenvalue weighted by atomic mass is 9.85. The van der Waals surface area contributed by atoms with Crippen molar-refractivity contribution in [1.82, 2.24) is 49.2 Å². The summed E-state index contributed by atoms with van der Waals surface area (Å²) in [5.41, 5.74) is 7.15. The number of fused-ring (bicyclic) bond motifs is 4. The second-order valence-corrected chi connectivity index (χ2v) is 31.5. The van der Waals surface area contributed by atoms with E-state index in [1.54, 1.807) is 102 Å². The molecule has 2 unspecified atom stereocenters. The number of piperidine rings is 1. The van der Waals surface area contributed by atoms with Gasteiger partial charge in [0.2, 0.25) is 30.1 Å². The molecule has 0 spiro atoms. The maximum Gasteiger partial charge on any atom is 0.244 e. The van der Waals surface area contributed by atoms with Crippen LogP contribution in [0.2, 0.25) is 0 Å². The molecule has 3 aromatic carbocycles. The number of rotatable bonds is 12. The molecule has 25 nitrogen and oxygen atoms in total. The van der Waals surface area contributed by atoms with Crippen molar-refractivity contribution in [3.63, 3.8) is 0 Å². The molecule has 6 aliphatic rings. The van der Waals surface area contributed by atoms with E-state index < -0.39 is 30.1 Å². The summed E-state index contributed by atoms with van der Waals surface area (Å²) in [6, 6.07) is 24.6. The molecule has 30 heteroatoms. The number of morpholine rings is 1. The SMILES string of the molecule is CNS(=O)(=O)c1cc(C)ccc1OC.CNS(=O)(=O)c1ccc(OC)c(C)c1.COc1ccc(C)cc1S(N)(=O)=O.Cc1ccnc(N2CCN(C)CC2)c1F.Cc1ccnc(N2CCOCC2)c1F.Cc1cn(C2C[C@H]3CC[C@@H](C2)C3)nc1C#N.Cc1cnn(C2C[C@H]3CC[C@@H](C2)N3)c1C#N. The number of aromatic nitrogens is 6. The van der Waals surface area contributed by atoms with Gasteiger partial charge in [0.1, 0.15) is 44.9 Å². The van der Waals surface area contributed by atoms with Gasteiger partial charge in [0.05, 0.1) is 57.7 Å². The van der Waals surface area contributed by atoms with Gasteiger partial charge in [0.15, 0.2) is 29.0 Å². The zero-order valence-corrected chi connectivity index (χ0v) is 63.2. The van der Waals surface area contributed by atoms with E-state index in [9.17, 15) is 34.0 Å². The Morgan fingerprint density at radius 1 is 0.588 bits per heavy atom. The van der Waals surface area contributed by atoms with Gasteiger partial charge >= 0.3 is 0 Å². The minimum absolute atomic E-state index is 0.0231. The number of sulfonamides is 3. The van der Waals surface area contributed by atoms with E-state index in [4.69, 9.17) is 34.6 Å². The predicted octanol–water partition coefficient (Wildman–Crippen LogP) is 9.45. The van der Waals surface area contributed by atoms with E-state index in [1.165, 1.54) is 85.4 Å². The van der Waals surface area contributed by atoms with Crippen LogP contribution >= 0.6 is 0 Å². The molecule has 5 N–H and O–H groups in total. The number of primary sulfonamides is 1. The average Bonchev–Trinajstić information content (AvgIpc) is 1.47. The smallest absolute Gasteiger partial charge is 0.244 e. The van der Waals surface area contributed by atoms with Crippen LogP contribution in [0.5, 0.6) is 17.2 Å². The predicted molar refractivity (Wildman–Crippen MR) is 388 cm³/mol. The van der Waals surface area contributed by atoms with Crippen molar-refractivity contribution in [2.75, 3.05) is 105 Å². The number of methoxy groups -OCH3 is 3. The minimum Gasteiger partial charge on any atom is -0.496 e. The van der Waals surface area contributed by atoms with Gasteiger partial charge in [-0.05, 0) is 209 Å². The Labute approximate surface area is 600 Å². The molecular formula is C72H99F2N15O10S3. The molecule has 4 aliphatic heterocycles. The number of nitrogens with two attached hydrogens (primary N) is 1. The summed E-state index contributed by atoms with van der Waals surface area (Å²) in [7, 11) is -1.25. The fraction of sp³-hybridized carbons (Fsp3) is 0.500. The van der Waals surface area contributed by atoms with Gasteiger partial charge in [-0.3, -0.25) is 9.36 Å². The van der Waals surface area contributed by atoms with Crippen molar-refractivity contribution in [2.24, 2.45) is 17.0 Å². The molecule has 7 aromatic rings. The molecule has 2 saturated carbocycles. The van der Waals surface area contributed by atoms with Gasteiger partial charge in [-0.1, -0.05) is 25.0 Å². The maximum atomic E-state index is 13.8. The highest BCUT2D eigenvalue weighted by Gasteiger charge is 2.37. The Balaban J connectivity index is 0.000000167. The van der Waals surface area contributed by atoms with Crippen LogP contribution in [0.1, 0.15) is 120 Å². The number of ether oxygens (including phenoxy) is 4. The van der Waals surface area contributed by atoms with Crippen molar-refractivity contribution in [1.29, 1.82) is 10.5 Å². The first kappa shape index (κ1) is 81.1. The highest BCUT2D eigenvalue weighted by Crippen LogP contribution is 2.46. The number of nitrogens with one attached hydrogen (secondary N) is 3. The van der Waals surface area contributed by atoms with Crippen LogP contribution in [0.3, 0.4) is 0 Å². The zero-order valence-electron chi connectivity index (χ0n) is 60.7. The van der Waals surface area contributed by atoms with Gasteiger partial charge in [-0.15, -0.1) is 0 Å². The van der Waals surface area contributed by atoms with Crippen molar-refractivity contribution >= 4 is 41.7 Å². The van der Waals surface area contributed by atoms with Crippen molar-refractivity contribution in [3.05, 3.63) is 153 Å². The van der Waals surface area contributed by atoms with Crippen LogP contribution in [0.4, 0.5) is 20.4 Å². The Kier molecular flexibility index (Phi) is 29.7. The first-order valence-electron chi connectivity index (χ1n) is 34.0. The summed E-state index contributed by atoms with van der Waals surface area (Å²) in [4.78, 5) is 14.8. The Hall–Kier alpha value is -8.17. The third kappa shape index (κ3) is 21.9. The molecule has 102 heavy (non-hydrogen) atoms. The van der Waals surface area contributed by atoms with Gasteiger partial charge in [-0.25, -0.2) is 58.6 Å². The first-order chi connectivity index (χ1) is 48.5. The normalized spacial score (nSPS) is 19.8. The number of hydrogen-bond donors (Lipinski definition) is 4. The van der Waals surface area contributed by atoms with E-state index in [-0.39, 0.29) is 32.1 Å². The fourth-order valence-corrected chi connectivity index (χ4v) is 15.7. The third-order valence-electron chi connectivity index (χ3n) is 18.8. The number of nitriles is 2.